The van der Waals surface area contributed by atoms with Gasteiger partial charge in [0.05, 0.1) is 6.04 Å². The normalized spacial score (nSPS) is 29.4. The molecular weight excluding hydrogens is 242 g/mol. The molecule has 1 aromatic rings. The summed E-state index contributed by atoms with van der Waals surface area (Å²) in [5, 5.41) is 4.13. The number of nitrogens with zero attached hydrogens (tertiary/aromatic N) is 2. The molecule has 108 valence electrons. The van der Waals surface area contributed by atoms with E-state index < -0.39 is 0 Å². The van der Waals surface area contributed by atoms with E-state index in [-0.39, 0.29) is 11.6 Å². The molecular formula is C14H25N3O2. The molecule has 1 heterocycles. The predicted octanol–water partition coefficient (Wildman–Crippen LogP) is 2.92. The van der Waals surface area contributed by atoms with Gasteiger partial charge in [-0.1, -0.05) is 19.0 Å². The predicted molar refractivity (Wildman–Crippen MR) is 72.5 cm³/mol. The summed E-state index contributed by atoms with van der Waals surface area (Å²) in [6.45, 7) is 6.97. The number of nitrogens with two attached hydrogens (primary N) is 1. The first-order chi connectivity index (χ1) is 9.11. The number of aromatic nitrogens is 2. The van der Waals surface area contributed by atoms with E-state index in [1.807, 2.05) is 13.8 Å². The lowest BCUT2D eigenvalue weighted by atomic mass is 9.79. The van der Waals surface area contributed by atoms with Crippen LogP contribution >= 0.6 is 0 Å². The van der Waals surface area contributed by atoms with Crippen LogP contribution in [0.5, 0.6) is 0 Å². The fourth-order valence-corrected chi connectivity index (χ4v) is 2.68. The van der Waals surface area contributed by atoms with E-state index >= 15 is 0 Å². The lowest BCUT2D eigenvalue weighted by molar-refractivity contribution is -0.0847. The van der Waals surface area contributed by atoms with Gasteiger partial charge in [-0.3, -0.25) is 0 Å². The Morgan fingerprint density at radius 1 is 1.42 bits per heavy atom. The molecule has 0 aliphatic heterocycles. The third-order valence-corrected chi connectivity index (χ3v) is 4.11. The van der Waals surface area contributed by atoms with Crippen molar-refractivity contribution in [2.24, 2.45) is 11.7 Å². The van der Waals surface area contributed by atoms with Gasteiger partial charge >= 0.3 is 0 Å². The molecule has 1 saturated carbocycles. The summed E-state index contributed by atoms with van der Waals surface area (Å²) >= 11 is 0. The summed E-state index contributed by atoms with van der Waals surface area (Å²) in [5.74, 6) is 1.95. The molecule has 0 aromatic carbocycles. The third-order valence-electron chi connectivity index (χ3n) is 4.11. The minimum absolute atomic E-state index is 0.178. The minimum Gasteiger partial charge on any atom is -0.367 e. The molecule has 2 rings (SSSR count). The molecule has 0 saturated heterocycles. The fraction of sp³-hybridized carbons (Fsp3) is 0.857. The lowest BCUT2D eigenvalue weighted by Crippen LogP contribution is -2.35. The van der Waals surface area contributed by atoms with Crippen molar-refractivity contribution in [3.8, 4) is 0 Å². The molecule has 0 unspecified atom stereocenters. The largest absolute Gasteiger partial charge is 0.367 e. The Kier molecular flexibility index (Phi) is 4.58. The summed E-state index contributed by atoms with van der Waals surface area (Å²) in [7, 11) is 0. The van der Waals surface area contributed by atoms with Crippen molar-refractivity contribution in [2.75, 3.05) is 6.61 Å². The summed E-state index contributed by atoms with van der Waals surface area (Å²) in [6, 6.07) is -0.178. The zero-order chi connectivity index (χ0) is 13.9. The molecule has 1 aliphatic carbocycles. The van der Waals surface area contributed by atoms with Crippen molar-refractivity contribution in [2.45, 2.75) is 64.5 Å². The number of hydrogen-bond acceptors (Lipinski definition) is 5. The number of ether oxygens (including phenoxy) is 1. The van der Waals surface area contributed by atoms with Crippen LogP contribution in [-0.2, 0) is 10.3 Å². The van der Waals surface area contributed by atoms with Gasteiger partial charge in [0.15, 0.2) is 0 Å². The van der Waals surface area contributed by atoms with Crippen LogP contribution in [0.25, 0.3) is 0 Å². The van der Waals surface area contributed by atoms with Crippen LogP contribution < -0.4 is 5.73 Å². The van der Waals surface area contributed by atoms with Crippen molar-refractivity contribution < 1.29 is 9.26 Å². The van der Waals surface area contributed by atoms with Crippen molar-refractivity contribution in [3.63, 3.8) is 0 Å². The summed E-state index contributed by atoms with van der Waals surface area (Å²) in [4.78, 5) is 4.49. The second kappa shape index (κ2) is 6.01. The fourth-order valence-electron chi connectivity index (χ4n) is 2.68. The monoisotopic (exact) mass is 267 g/mol. The van der Waals surface area contributed by atoms with Gasteiger partial charge in [0.25, 0.3) is 0 Å². The topological polar surface area (TPSA) is 74.2 Å². The highest BCUT2D eigenvalue weighted by Crippen LogP contribution is 2.41. The van der Waals surface area contributed by atoms with Gasteiger partial charge in [-0.05, 0) is 44.9 Å². The Morgan fingerprint density at radius 2 is 2.11 bits per heavy atom. The quantitative estimate of drug-likeness (QED) is 0.887. The molecule has 0 spiro atoms. The summed E-state index contributed by atoms with van der Waals surface area (Å²) in [6.07, 6.45) is 5.00. The van der Waals surface area contributed by atoms with Crippen molar-refractivity contribution >= 4 is 0 Å². The first-order valence-electron chi connectivity index (χ1n) is 7.35. The number of rotatable bonds is 5. The maximum Gasteiger partial charge on any atom is 0.243 e. The smallest absolute Gasteiger partial charge is 0.243 e. The Bertz CT molecular complexity index is 397. The van der Waals surface area contributed by atoms with Gasteiger partial charge in [0, 0.05) is 6.61 Å². The highest BCUT2D eigenvalue weighted by Gasteiger charge is 2.41. The van der Waals surface area contributed by atoms with Crippen LogP contribution in [0.15, 0.2) is 4.52 Å². The van der Waals surface area contributed by atoms with Crippen LogP contribution in [-0.4, -0.2) is 16.7 Å². The number of hydrogen-bond donors (Lipinski definition) is 1. The Morgan fingerprint density at radius 3 is 2.68 bits per heavy atom. The van der Waals surface area contributed by atoms with E-state index in [1.165, 1.54) is 0 Å². The van der Waals surface area contributed by atoms with Crippen LogP contribution in [0, 0.1) is 5.92 Å². The lowest BCUT2D eigenvalue weighted by Gasteiger charge is -2.36. The van der Waals surface area contributed by atoms with E-state index in [2.05, 4.69) is 17.1 Å². The zero-order valence-electron chi connectivity index (χ0n) is 12.2. The Balaban J connectivity index is 2.21. The van der Waals surface area contributed by atoms with Gasteiger partial charge in [0.1, 0.15) is 5.60 Å². The maximum absolute atomic E-state index is 6.01. The first-order valence-corrected chi connectivity index (χ1v) is 7.35. The third kappa shape index (κ3) is 2.98. The summed E-state index contributed by atoms with van der Waals surface area (Å²) < 4.78 is 11.3. The van der Waals surface area contributed by atoms with Crippen LogP contribution in [0.3, 0.4) is 0 Å². The van der Waals surface area contributed by atoms with Gasteiger partial charge in [-0.15, -0.1) is 0 Å². The molecule has 1 aromatic heterocycles. The van der Waals surface area contributed by atoms with Gasteiger partial charge in [0.2, 0.25) is 11.7 Å². The molecule has 0 radical (unpaired) electrons. The molecule has 0 amide bonds. The first kappa shape index (κ1) is 14.5. The minimum atomic E-state index is -0.365. The average Bonchev–Trinajstić information content (AvgIpc) is 2.91. The van der Waals surface area contributed by atoms with E-state index in [0.29, 0.717) is 18.3 Å². The maximum atomic E-state index is 6.01. The molecule has 19 heavy (non-hydrogen) atoms. The van der Waals surface area contributed by atoms with Gasteiger partial charge in [-0.2, -0.15) is 4.98 Å². The zero-order valence-corrected chi connectivity index (χ0v) is 12.2. The second-order valence-corrected chi connectivity index (χ2v) is 5.58. The average molecular weight is 267 g/mol. The van der Waals surface area contributed by atoms with Crippen LogP contribution in [0.1, 0.15) is 70.6 Å². The molecule has 1 aliphatic rings. The molecule has 1 atom stereocenters. The molecule has 5 nitrogen and oxygen atoms in total. The van der Waals surface area contributed by atoms with Crippen LogP contribution in [0.4, 0.5) is 0 Å². The highest BCUT2D eigenvalue weighted by atomic mass is 16.5. The standard InChI is InChI=1S/C14H25N3O2/c1-4-11(15)12-16-13(17-19-12)14(18-5-2)8-6-10(3)7-9-14/h10-11H,4-9,15H2,1-3H3/t10?,11-,14?/m1/s1. The van der Waals surface area contributed by atoms with Gasteiger partial charge in [-0.25, -0.2) is 0 Å². The molecule has 1 fully saturated rings. The van der Waals surface area contributed by atoms with Gasteiger partial charge < -0.3 is 15.0 Å². The van der Waals surface area contributed by atoms with Crippen molar-refractivity contribution in [1.82, 2.24) is 10.1 Å². The highest BCUT2D eigenvalue weighted by molar-refractivity contribution is 5.05. The second-order valence-electron chi connectivity index (χ2n) is 5.58. The van der Waals surface area contributed by atoms with Crippen molar-refractivity contribution in [3.05, 3.63) is 11.7 Å². The van der Waals surface area contributed by atoms with Crippen LogP contribution in [0.2, 0.25) is 0 Å². The van der Waals surface area contributed by atoms with E-state index in [1.54, 1.807) is 0 Å². The van der Waals surface area contributed by atoms with Crippen molar-refractivity contribution in [1.29, 1.82) is 0 Å². The molecule has 0 bridgehead atoms. The SMILES string of the molecule is CCOC1(c2noc([C@H](N)CC)n2)CCC(C)CC1. The molecule has 5 heteroatoms. The Labute approximate surface area is 114 Å². The Hall–Kier alpha value is -0.940. The summed E-state index contributed by atoms with van der Waals surface area (Å²) in [5.41, 5.74) is 5.57. The van der Waals surface area contributed by atoms with E-state index in [9.17, 15) is 0 Å². The van der Waals surface area contributed by atoms with E-state index in [0.717, 1.165) is 38.0 Å². The van der Waals surface area contributed by atoms with E-state index in [4.69, 9.17) is 15.0 Å². The molecule has 2 N–H and O–H groups in total.